The van der Waals surface area contributed by atoms with Crippen molar-refractivity contribution in [2.45, 2.75) is 39.4 Å². The standard InChI is InChI=1S/C18H24O3/c1-18(2,14-19)11-6-5-9-15-8-3-4-10-16(15)17-20-12-7-13-21-17/h3-4,8,10,17,19H,6-7,11-14H2,1-2H3. The van der Waals surface area contributed by atoms with Gasteiger partial charge in [0.2, 0.25) is 0 Å². The average Bonchev–Trinajstić information content (AvgIpc) is 2.53. The van der Waals surface area contributed by atoms with Crippen molar-refractivity contribution >= 4 is 0 Å². The van der Waals surface area contributed by atoms with E-state index in [0.717, 1.165) is 43.6 Å². The Morgan fingerprint density at radius 3 is 2.67 bits per heavy atom. The van der Waals surface area contributed by atoms with Crippen LogP contribution in [-0.4, -0.2) is 24.9 Å². The van der Waals surface area contributed by atoms with Crippen LogP contribution in [0.3, 0.4) is 0 Å². The zero-order valence-electron chi connectivity index (χ0n) is 12.9. The van der Waals surface area contributed by atoms with Gasteiger partial charge in [-0.1, -0.05) is 43.9 Å². The van der Waals surface area contributed by atoms with Crippen molar-refractivity contribution in [1.29, 1.82) is 0 Å². The summed E-state index contributed by atoms with van der Waals surface area (Å²) in [5, 5.41) is 9.24. The highest BCUT2D eigenvalue weighted by molar-refractivity contribution is 5.42. The van der Waals surface area contributed by atoms with Crippen LogP contribution in [0.2, 0.25) is 0 Å². The third-order valence-corrected chi connectivity index (χ3v) is 3.62. The Kier molecular flexibility index (Phi) is 5.81. The molecule has 0 unspecified atom stereocenters. The molecule has 1 saturated heterocycles. The minimum Gasteiger partial charge on any atom is -0.396 e. The van der Waals surface area contributed by atoms with Crippen molar-refractivity contribution < 1.29 is 14.6 Å². The van der Waals surface area contributed by atoms with E-state index in [1.807, 2.05) is 38.1 Å². The van der Waals surface area contributed by atoms with Gasteiger partial charge in [0.25, 0.3) is 0 Å². The molecule has 1 fully saturated rings. The van der Waals surface area contributed by atoms with Crippen LogP contribution in [0.1, 0.15) is 50.5 Å². The number of aliphatic hydroxyl groups is 1. The molecule has 114 valence electrons. The van der Waals surface area contributed by atoms with Crippen LogP contribution < -0.4 is 0 Å². The number of rotatable bonds is 4. The van der Waals surface area contributed by atoms with E-state index in [-0.39, 0.29) is 18.3 Å². The molecule has 3 nitrogen and oxygen atoms in total. The molecule has 1 N–H and O–H groups in total. The number of aliphatic hydroxyl groups excluding tert-OH is 1. The molecule has 0 aliphatic carbocycles. The Hall–Kier alpha value is -1.34. The molecule has 21 heavy (non-hydrogen) atoms. The lowest BCUT2D eigenvalue weighted by molar-refractivity contribution is -0.183. The molecule has 0 atom stereocenters. The molecule has 1 aromatic carbocycles. The molecule has 1 aromatic rings. The molecule has 2 rings (SSSR count). The summed E-state index contributed by atoms with van der Waals surface area (Å²) in [7, 11) is 0. The van der Waals surface area contributed by atoms with Gasteiger partial charge in [-0.25, -0.2) is 0 Å². The molecule has 3 heteroatoms. The van der Waals surface area contributed by atoms with E-state index in [2.05, 4.69) is 11.8 Å². The first kappa shape index (κ1) is 16.0. The molecule has 0 spiro atoms. The van der Waals surface area contributed by atoms with Crippen LogP contribution in [0, 0.1) is 17.3 Å². The summed E-state index contributed by atoms with van der Waals surface area (Å²) in [6.45, 7) is 5.75. The molecule has 1 aliphatic rings. The van der Waals surface area contributed by atoms with Crippen molar-refractivity contribution in [3.63, 3.8) is 0 Å². The van der Waals surface area contributed by atoms with Gasteiger partial charge in [-0.2, -0.15) is 0 Å². The Morgan fingerprint density at radius 1 is 1.24 bits per heavy atom. The first-order valence-electron chi connectivity index (χ1n) is 7.54. The Balaban J connectivity index is 2.03. The fraction of sp³-hybridized carbons (Fsp3) is 0.556. The van der Waals surface area contributed by atoms with Crippen LogP contribution in [0.5, 0.6) is 0 Å². The quantitative estimate of drug-likeness (QED) is 0.864. The van der Waals surface area contributed by atoms with Crippen LogP contribution in [0.25, 0.3) is 0 Å². The predicted octanol–water partition coefficient (Wildman–Crippen LogP) is 3.27. The van der Waals surface area contributed by atoms with Crippen LogP contribution >= 0.6 is 0 Å². The lowest BCUT2D eigenvalue weighted by Crippen LogP contribution is -2.18. The highest BCUT2D eigenvalue weighted by atomic mass is 16.7. The maximum absolute atomic E-state index is 9.24. The predicted molar refractivity (Wildman–Crippen MR) is 82.7 cm³/mol. The third kappa shape index (κ3) is 4.86. The Morgan fingerprint density at radius 2 is 1.95 bits per heavy atom. The first-order valence-corrected chi connectivity index (χ1v) is 7.54. The van der Waals surface area contributed by atoms with Gasteiger partial charge in [-0.3, -0.25) is 0 Å². The minimum atomic E-state index is -0.293. The van der Waals surface area contributed by atoms with Gasteiger partial charge >= 0.3 is 0 Å². The van der Waals surface area contributed by atoms with Gasteiger partial charge in [-0.05, 0) is 24.3 Å². The van der Waals surface area contributed by atoms with E-state index in [4.69, 9.17) is 9.47 Å². The number of ether oxygens (including phenoxy) is 2. The van der Waals surface area contributed by atoms with Gasteiger partial charge in [0.15, 0.2) is 6.29 Å². The van der Waals surface area contributed by atoms with E-state index in [1.54, 1.807) is 0 Å². The summed E-state index contributed by atoms with van der Waals surface area (Å²) < 4.78 is 11.3. The second-order valence-electron chi connectivity index (χ2n) is 6.14. The largest absolute Gasteiger partial charge is 0.396 e. The topological polar surface area (TPSA) is 38.7 Å². The zero-order chi connectivity index (χ0) is 15.1. The molecule has 0 bridgehead atoms. The Labute approximate surface area is 127 Å². The van der Waals surface area contributed by atoms with E-state index < -0.39 is 0 Å². The summed E-state index contributed by atoms with van der Waals surface area (Å²) in [5.41, 5.74) is 1.90. The summed E-state index contributed by atoms with van der Waals surface area (Å²) in [4.78, 5) is 0. The van der Waals surface area contributed by atoms with Gasteiger partial charge in [0.05, 0.1) is 13.2 Å². The molecular formula is C18H24O3. The van der Waals surface area contributed by atoms with E-state index in [9.17, 15) is 5.11 Å². The van der Waals surface area contributed by atoms with Crippen LogP contribution in [0.4, 0.5) is 0 Å². The van der Waals surface area contributed by atoms with E-state index in [0.29, 0.717) is 0 Å². The lowest BCUT2D eigenvalue weighted by Gasteiger charge is -2.24. The van der Waals surface area contributed by atoms with Gasteiger partial charge < -0.3 is 14.6 Å². The van der Waals surface area contributed by atoms with Gasteiger partial charge in [0.1, 0.15) is 0 Å². The van der Waals surface area contributed by atoms with Crippen molar-refractivity contribution in [2.75, 3.05) is 19.8 Å². The molecular weight excluding hydrogens is 264 g/mol. The number of benzene rings is 1. The van der Waals surface area contributed by atoms with Crippen molar-refractivity contribution in [3.05, 3.63) is 35.4 Å². The molecule has 1 heterocycles. The zero-order valence-corrected chi connectivity index (χ0v) is 12.9. The van der Waals surface area contributed by atoms with Crippen molar-refractivity contribution in [2.24, 2.45) is 5.41 Å². The highest BCUT2D eigenvalue weighted by Gasteiger charge is 2.19. The molecule has 1 aliphatic heterocycles. The Bertz CT molecular complexity index is 505. The van der Waals surface area contributed by atoms with Crippen molar-refractivity contribution in [3.8, 4) is 11.8 Å². The second kappa shape index (κ2) is 7.61. The SMILES string of the molecule is CC(C)(CO)CCC#Cc1ccccc1C1OCCCO1. The number of hydrogen-bond acceptors (Lipinski definition) is 3. The van der Waals surface area contributed by atoms with Crippen molar-refractivity contribution in [1.82, 2.24) is 0 Å². The lowest BCUT2D eigenvalue weighted by atomic mass is 9.89. The molecule has 0 radical (unpaired) electrons. The van der Waals surface area contributed by atoms with Gasteiger partial charge in [0, 0.05) is 24.2 Å². The monoisotopic (exact) mass is 288 g/mol. The van der Waals surface area contributed by atoms with Gasteiger partial charge in [-0.15, -0.1) is 0 Å². The summed E-state index contributed by atoms with van der Waals surface area (Å²) in [6, 6.07) is 7.98. The summed E-state index contributed by atoms with van der Waals surface area (Å²) in [6.07, 6.45) is 2.31. The summed E-state index contributed by atoms with van der Waals surface area (Å²) >= 11 is 0. The normalized spacial score (nSPS) is 16.3. The first-order chi connectivity index (χ1) is 10.1. The summed E-state index contributed by atoms with van der Waals surface area (Å²) in [5.74, 6) is 6.41. The van der Waals surface area contributed by atoms with E-state index >= 15 is 0 Å². The maximum atomic E-state index is 9.24. The van der Waals surface area contributed by atoms with Crippen LogP contribution in [0.15, 0.2) is 24.3 Å². The molecule has 0 saturated carbocycles. The van der Waals surface area contributed by atoms with Crippen LogP contribution in [-0.2, 0) is 9.47 Å². The smallest absolute Gasteiger partial charge is 0.184 e. The average molecular weight is 288 g/mol. The third-order valence-electron chi connectivity index (χ3n) is 3.62. The highest BCUT2D eigenvalue weighted by Crippen LogP contribution is 2.25. The minimum absolute atomic E-state index is 0.0657. The van der Waals surface area contributed by atoms with E-state index in [1.165, 1.54) is 0 Å². The molecule has 0 amide bonds. The fourth-order valence-corrected chi connectivity index (χ4v) is 2.12. The fourth-order valence-electron chi connectivity index (χ4n) is 2.12. The second-order valence-corrected chi connectivity index (χ2v) is 6.14. The number of hydrogen-bond donors (Lipinski definition) is 1. The maximum Gasteiger partial charge on any atom is 0.184 e. The molecule has 0 aromatic heterocycles.